The third-order valence-corrected chi connectivity index (χ3v) is 6.77. The Labute approximate surface area is 164 Å². The van der Waals surface area contributed by atoms with Crippen LogP contribution in [0.1, 0.15) is 48.6 Å². The minimum absolute atomic E-state index is 0.126. The Bertz CT molecular complexity index is 918. The van der Waals surface area contributed by atoms with E-state index in [0.717, 1.165) is 50.0 Å². The van der Waals surface area contributed by atoms with E-state index in [0.29, 0.717) is 17.0 Å². The Balaban J connectivity index is 1.61. The first-order chi connectivity index (χ1) is 13.2. The Kier molecular flexibility index (Phi) is 5.18. The number of thioether (sulfide) groups is 1. The molecule has 0 fully saturated rings. The molecule has 0 N–H and O–H groups in total. The number of aromatic nitrogens is 1. The van der Waals surface area contributed by atoms with Crippen molar-refractivity contribution in [3.63, 3.8) is 0 Å². The summed E-state index contributed by atoms with van der Waals surface area (Å²) in [6, 6.07) is 12.4. The van der Waals surface area contributed by atoms with Crippen molar-refractivity contribution in [1.82, 2.24) is 4.98 Å². The zero-order valence-corrected chi connectivity index (χ0v) is 16.4. The van der Waals surface area contributed by atoms with Crippen LogP contribution in [0, 0.1) is 11.3 Å². The van der Waals surface area contributed by atoms with Gasteiger partial charge in [-0.05, 0) is 61.8 Å². The van der Waals surface area contributed by atoms with Crippen LogP contribution in [-0.4, -0.2) is 22.7 Å². The minimum Gasteiger partial charge on any atom is -0.311 e. The lowest BCUT2D eigenvalue weighted by molar-refractivity contribution is -0.118. The summed E-state index contributed by atoms with van der Waals surface area (Å²) in [6.45, 7) is 2.79. The van der Waals surface area contributed by atoms with Gasteiger partial charge in [-0.2, -0.15) is 5.26 Å². The van der Waals surface area contributed by atoms with Gasteiger partial charge in [0.05, 0.1) is 10.8 Å². The quantitative estimate of drug-likeness (QED) is 0.746. The molecular formula is C22H23N3OS. The third-order valence-electron chi connectivity index (χ3n) is 5.41. The smallest absolute Gasteiger partial charge is 0.240 e. The fourth-order valence-corrected chi connectivity index (χ4v) is 5.06. The highest BCUT2D eigenvalue weighted by Gasteiger charge is 2.29. The number of anilines is 1. The van der Waals surface area contributed by atoms with Crippen LogP contribution < -0.4 is 4.90 Å². The molecule has 1 amide bonds. The van der Waals surface area contributed by atoms with E-state index in [2.05, 4.69) is 12.1 Å². The first-order valence-electron chi connectivity index (χ1n) is 9.70. The number of benzene rings is 1. The van der Waals surface area contributed by atoms with E-state index < -0.39 is 0 Å². The number of nitriles is 1. The number of carbonyl (C=O) groups excluding carboxylic acids is 1. The molecule has 2 heterocycles. The van der Waals surface area contributed by atoms with Gasteiger partial charge in [-0.25, -0.2) is 4.98 Å². The molecule has 5 heteroatoms. The van der Waals surface area contributed by atoms with Crippen LogP contribution in [-0.2, 0) is 24.1 Å². The van der Waals surface area contributed by atoms with Gasteiger partial charge in [0.2, 0.25) is 5.91 Å². The van der Waals surface area contributed by atoms with Crippen molar-refractivity contribution in [2.24, 2.45) is 0 Å². The average Bonchev–Trinajstić information content (AvgIpc) is 3.17. The fourth-order valence-electron chi connectivity index (χ4n) is 4.00. The second-order valence-corrected chi connectivity index (χ2v) is 8.34. The van der Waals surface area contributed by atoms with Crippen molar-refractivity contribution in [2.75, 3.05) is 11.4 Å². The van der Waals surface area contributed by atoms with Crippen LogP contribution in [0.3, 0.4) is 0 Å². The minimum atomic E-state index is -0.227. The van der Waals surface area contributed by atoms with Gasteiger partial charge < -0.3 is 4.90 Å². The molecule has 2 aliphatic rings. The number of hydrogen-bond acceptors (Lipinski definition) is 4. The van der Waals surface area contributed by atoms with E-state index in [1.54, 1.807) is 0 Å². The first kappa shape index (κ1) is 18.1. The number of nitrogens with zero attached hydrogens (tertiary/aromatic N) is 3. The van der Waals surface area contributed by atoms with E-state index in [9.17, 15) is 10.1 Å². The standard InChI is InChI=1S/C22H23N3OS/c1-2-20(22(26)25-12-6-9-15-7-3-4-11-19(15)25)27-21-17(14-23)13-16-8-5-10-18(16)24-21/h3-4,7,11,13,20H,2,5-6,8-10,12H2,1H3. The Morgan fingerprint density at radius 1 is 1.26 bits per heavy atom. The van der Waals surface area contributed by atoms with Crippen LogP contribution >= 0.6 is 11.8 Å². The van der Waals surface area contributed by atoms with Gasteiger partial charge >= 0.3 is 0 Å². The lowest BCUT2D eigenvalue weighted by atomic mass is 10.0. The summed E-state index contributed by atoms with van der Waals surface area (Å²) >= 11 is 1.46. The maximum absolute atomic E-state index is 13.3. The molecule has 0 bridgehead atoms. The van der Waals surface area contributed by atoms with Crippen molar-refractivity contribution >= 4 is 23.4 Å². The van der Waals surface area contributed by atoms with Crippen LogP contribution in [0.25, 0.3) is 0 Å². The molecule has 1 atom stereocenters. The Morgan fingerprint density at radius 3 is 2.89 bits per heavy atom. The summed E-state index contributed by atoms with van der Waals surface area (Å²) in [6.07, 6.45) is 5.80. The van der Waals surface area contributed by atoms with E-state index in [-0.39, 0.29) is 11.2 Å². The van der Waals surface area contributed by atoms with Gasteiger partial charge in [-0.3, -0.25) is 4.79 Å². The van der Waals surface area contributed by atoms with E-state index in [1.165, 1.54) is 22.9 Å². The van der Waals surface area contributed by atoms with Gasteiger partial charge in [-0.1, -0.05) is 36.9 Å². The molecule has 1 unspecified atom stereocenters. The highest BCUT2D eigenvalue weighted by molar-refractivity contribution is 8.00. The fraction of sp³-hybridized carbons (Fsp3) is 0.409. The van der Waals surface area contributed by atoms with E-state index >= 15 is 0 Å². The molecule has 0 spiro atoms. The number of aryl methyl sites for hydroxylation is 3. The predicted molar refractivity (Wildman–Crippen MR) is 108 cm³/mol. The van der Waals surface area contributed by atoms with Crippen LogP contribution in [0.15, 0.2) is 35.4 Å². The monoisotopic (exact) mass is 377 g/mol. The number of fused-ring (bicyclic) bond motifs is 2. The SMILES string of the molecule is CCC(Sc1nc2c(cc1C#N)CCC2)C(=O)N1CCCc2ccccc21. The summed E-state index contributed by atoms with van der Waals surface area (Å²) in [5.41, 5.74) is 5.17. The van der Waals surface area contributed by atoms with Crippen LogP contribution in [0.4, 0.5) is 5.69 Å². The average molecular weight is 378 g/mol. The lowest BCUT2D eigenvalue weighted by Gasteiger charge is -2.32. The number of pyridine rings is 1. The number of carbonyl (C=O) groups is 1. The highest BCUT2D eigenvalue weighted by Crippen LogP contribution is 2.34. The molecule has 0 radical (unpaired) electrons. The topological polar surface area (TPSA) is 57.0 Å². The van der Waals surface area contributed by atoms with Crippen molar-refractivity contribution < 1.29 is 4.79 Å². The molecular weight excluding hydrogens is 354 g/mol. The van der Waals surface area contributed by atoms with Crippen molar-refractivity contribution in [2.45, 2.75) is 55.7 Å². The van der Waals surface area contributed by atoms with Gasteiger partial charge in [0, 0.05) is 17.9 Å². The summed E-state index contributed by atoms with van der Waals surface area (Å²) in [7, 11) is 0. The Hall–Kier alpha value is -2.32. The number of rotatable bonds is 4. The van der Waals surface area contributed by atoms with Crippen LogP contribution in [0.2, 0.25) is 0 Å². The predicted octanol–water partition coefficient (Wildman–Crippen LogP) is 4.29. The number of amides is 1. The second kappa shape index (κ2) is 7.74. The maximum atomic E-state index is 13.3. The zero-order chi connectivity index (χ0) is 18.8. The number of para-hydroxylation sites is 1. The summed E-state index contributed by atoms with van der Waals surface area (Å²) < 4.78 is 0. The zero-order valence-electron chi connectivity index (χ0n) is 15.6. The Morgan fingerprint density at radius 2 is 2.07 bits per heavy atom. The molecule has 1 aliphatic carbocycles. The van der Waals surface area contributed by atoms with Gasteiger partial charge in [0.1, 0.15) is 11.1 Å². The molecule has 1 aromatic carbocycles. The summed E-state index contributed by atoms with van der Waals surface area (Å²) in [5, 5.41) is 10.0. The summed E-state index contributed by atoms with van der Waals surface area (Å²) in [4.78, 5) is 20.0. The van der Waals surface area contributed by atoms with Crippen molar-refractivity contribution in [3.05, 3.63) is 52.7 Å². The van der Waals surface area contributed by atoms with Gasteiger partial charge in [-0.15, -0.1) is 0 Å². The molecule has 0 saturated heterocycles. The first-order valence-corrected chi connectivity index (χ1v) is 10.6. The lowest BCUT2D eigenvalue weighted by Crippen LogP contribution is -2.40. The van der Waals surface area contributed by atoms with Gasteiger partial charge in [0.15, 0.2) is 0 Å². The normalized spacial score (nSPS) is 16.4. The molecule has 138 valence electrons. The van der Waals surface area contributed by atoms with Crippen LogP contribution in [0.5, 0.6) is 0 Å². The molecule has 2 aromatic rings. The molecule has 27 heavy (non-hydrogen) atoms. The second-order valence-electron chi connectivity index (χ2n) is 7.15. The van der Waals surface area contributed by atoms with E-state index in [1.807, 2.05) is 36.1 Å². The van der Waals surface area contributed by atoms with E-state index in [4.69, 9.17) is 4.98 Å². The largest absolute Gasteiger partial charge is 0.311 e. The molecule has 4 nitrogen and oxygen atoms in total. The molecule has 1 aromatic heterocycles. The van der Waals surface area contributed by atoms with Crippen molar-refractivity contribution in [1.29, 1.82) is 5.26 Å². The number of hydrogen-bond donors (Lipinski definition) is 0. The highest BCUT2D eigenvalue weighted by atomic mass is 32.2. The van der Waals surface area contributed by atoms with Crippen molar-refractivity contribution in [3.8, 4) is 6.07 Å². The van der Waals surface area contributed by atoms with Gasteiger partial charge in [0.25, 0.3) is 0 Å². The third kappa shape index (κ3) is 3.46. The molecule has 0 saturated carbocycles. The summed E-state index contributed by atoms with van der Waals surface area (Å²) in [5.74, 6) is 0.126. The maximum Gasteiger partial charge on any atom is 0.240 e. The molecule has 4 rings (SSSR count). The molecule has 1 aliphatic heterocycles.